The molecule has 120 valence electrons. The average molecular weight is 292 g/mol. The molecule has 0 amide bonds. The van der Waals surface area contributed by atoms with Crippen molar-refractivity contribution in [1.29, 1.82) is 0 Å². The normalized spacial score (nSPS) is 14.9. The van der Waals surface area contributed by atoms with Crippen molar-refractivity contribution in [3.8, 4) is 0 Å². The van der Waals surface area contributed by atoms with Crippen LogP contribution in [0, 0.1) is 5.92 Å². The third-order valence-electron chi connectivity index (χ3n) is 4.12. The van der Waals surface area contributed by atoms with E-state index in [0.717, 1.165) is 18.4 Å². The van der Waals surface area contributed by atoms with Crippen molar-refractivity contribution in [1.82, 2.24) is 0 Å². The van der Waals surface area contributed by atoms with E-state index in [4.69, 9.17) is 4.74 Å². The molecule has 0 aromatic carbocycles. The number of ether oxygens (including phenoxy) is 1. The van der Waals surface area contributed by atoms with E-state index >= 15 is 0 Å². The molecule has 2 heteroatoms. The summed E-state index contributed by atoms with van der Waals surface area (Å²) in [5.41, 5.74) is 5.70. The first-order chi connectivity index (χ1) is 9.70. The SMILES string of the molecule is COC(=O)/C(C)=C(C)/C(C)=C(/C)CC(C)CCC=C(C)C. The summed E-state index contributed by atoms with van der Waals surface area (Å²) in [5.74, 6) is 0.415. The van der Waals surface area contributed by atoms with Crippen molar-refractivity contribution in [3.05, 3.63) is 33.9 Å². The first-order valence-electron chi connectivity index (χ1n) is 7.76. The molecular formula is C19H32O2. The Balaban J connectivity index is 4.84. The Bertz CT molecular complexity index is 446. The van der Waals surface area contributed by atoms with E-state index in [-0.39, 0.29) is 5.97 Å². The second kappa shape index (κ2) is 9.59. The molecule has 0 radical (unpaired) electrons. The average Bonchev–Trinajstić information content (AvgIpc) is 2.43. The highest BCUT2D eigenvalue weighted by Gasteiger charge is 2.11. The molecule has 0 fully saturated rings. The molecule has 1 atom stereocenters. The molecule has 2 nitrogen and oxygen atoms in total. The number of allylic oxidation sites excluding steroid dienone is 5. The van der Waals surface area contributed by atoms with Gasteiger partial charge in [-0.25, -0.2) is 4.79 Å². The molecule has 0 bridgehead atoms. The van der Waals surface area contributed by atoms with E-state index < -0.39 is 0 Å². The number of carbonyl (C=O) groups excluding carboxylic acids is 1. The minimum absolute atomic E-state index is 0.240. The van der Waals surface area contributed by atoms with Crippen LogP contribution < -0.4 is 0 Å². The van der Waals surface area contributed by atoms with Crippen LogP contribution in [-0.2, 0) is 9.53 Å². The van der Waals surface area contributed by atoms with Crippen LogP contribution >= 0.6 is 0 Å². The number of hydrogen-bond acceptors (Lipinski definition) is 2. The largest absolute Gasteiger partial charge is 0.466 e. The van der Waals surface area contributed by atoms with Gasteiger partial charge in [0, 0.05) is 5.57 Å². The molecule has 1 unspecified atom stereocenters. The van der Waals surface area contributed by atoms with Crippen LogP contribution in [0.5, 0.6) is 0 Å². The Morgan fingerprint density at radius 3 is 2.05 bits per heavy atom. The molecule has 0 heterocycles. The number of hydrogen-bond donors (Lipinski definition) is 0. The molecule has 0 N–H and O–H groups in total. The van der Waals surface area contributed by atoms with Crippen LogP contribution in [0.2, 0.25) is 0 Å². The Labute approximate surface area is 131 Å². The second-order valence-corrected chi connectivity index (χ2v) is 6.32. The molecule has 0 saturated carbocycles. The molecule has 0 saturated heterocycles. The minimum atomic E-state index is -0.240. The fourth-order valence-electron chi connectivity index (χ4n) is 2.34. The fourth-order valence-corrected chi connectivity index (χ4v) is 2.34. The van der Waals surface area contributed by atoms with Gasteiger partial charge in [0.05, 0.1) is 7.11 Å². The van der Waals surface area contributed by atoms with Crippen molar-refractivity contribution in [2.45, 2.75) is 67.7 Å². The lowest BCUT2D eigenvalue weighted by atomic mass is 9.91. The molecule has 0 aromatic heterocycles. The molecule has 0 rings (SSSR count). The standard InChI is InChI=1S/C19H32O2/c1-13(2)10-9-11-14(3)12-15(4)16(5)17(6)18(7)19(20)21-8/h10,14H,9,11-12H2,1-8H3/b16-15-,18-17+. The van der Waals surface area contributed by atoms with Crippen molar-refractivity contribution in [3.63, 3.8) is 0 Å². The van der Waals surface area contributed by atoms with E-state index in [1.165, 1.54) is 30.2 Å². The zero-order chi connectivity index (χ0) is 16.6. The number of rotatable bonds is 7. The summed E-state index contributed by atoms with van der Waals surface area (Å²) < 4.78 is 4.79. The van der Waals surface area contributed by atoms with Gasteiger partial charge in [-0.15, -0.1) is 0 Å². The molecule has 0 aromatic rings. The predicted molar refractivity (Wildman–Crippen MR) is 91.2 cm³/mol. The number of carbonyl (C=O) groups is 1. The predicted octanol–water partition coefficient (Wildman–Crippen LogP) is 5.60. The van der Waals surface area contributed by atoms with Crippen LogP contribution in [0.3, 0.4) is 0 Å². The highest BCUT2D eigenvalue weighted by molar-refractivity contribution is 5.89. The van der Waals surface area contributed by atoms with Gasteiger partial charge < -0.3 is 4.74 Å². The number of methoxy groups -OCH3 is 1. The first kappa shape index (κ1) is 19.7. The van der Waals surface area contributed by atoms with Crippen molar-refractivity contribution >= 4 is 5.97 Å². The third kappa shape index (κ3) is 7.31. The summed E-state index contributed by atoms with van der Waals surface area (Å²) in [5, 5.41) is 0. The molecule has 0 spiro atoms. The van der Waals surface area contributed by atoms with Gasteiger partial charge in [0.15, 0.2) is 0 Å². The van der Waals surface area contributed by atoms with Gasteiger partial charge >= 0.3 is 5.97 Å². The second-order valence-electron chi connectivity index (χ2n) is 6.32. The summed E-state index contributed by atoms with van der Waals surface area (Å²) in [6, 6.07) is 0. The molecule has 0 aliphatic rings. The van der Waals surface area contributed by atoms with Crippen LogP contribution in [-0.4, -0.2) is 13.1 Å². The lowest BCUT2D eigenvalue weighted by molar-refractivity contribution is -0.136. The summed E-state index contributed by atoms with van der Waals surface area (Å²) in [7, 11) is 1.43. The van der Waals surface area contributed by atoms with Gasteiger partial charge in [0.1, 0.15) is 0 Å². The maximum Gasteiger partial charge on any atom is 0.333 e. The van der Waals surface area contributed by atoms with Crippen molar-refractivity contribution in [2.24, 2.45) is 5.92 Å². The lowest BCUT2D eigenvalue weighted by Gasteiger charge is -2.15. The third-order valence-corrected chi connectivity index (χ3v) is 4.12. The van der Waals surface area contributed by atoms with E-state index in [0.29, 0.717) is 11.5 Å². The van der Waals surface area contributed by atoms with E-state index in [2.05, 4.69) is 40.7 Å². The number of esters is 1. The van der Waals surface area contributed by atoms with Gasteiger partial charge in [-0.1, -0.05) is 24.1 Å². The maximum atomic E-state index is 11.6. The lowest BCUT2D eigenvalue weighted by Crippen LogP contribution is -2.05. The molecule has 0 aliphatic carbocycles. The monoisotopic (exact) mass is 292 g/mol. The van der Waals surface area contributed by atoms with Gasteiger partial charge in [-0.2, -0.15) is 0 Å². The van der Waals surface area contributed by atoms with Crippen LogP contribution in [0.15, 0.2) is 33.9 Å². The smallest absolute Gasteiger partial charge is 0.333 e. The van der Waals surface area contributed by atoms with E-state index in [1.54, 1.807) is 0 Å². The maximum absolute atomic E-state index is 11.6. The van der Waals surface area contributed by atoms with E-state index in [9.17, 15) is 4.79 Å². The minimum Gasteiger partial charge on any atom is -0.466 e. The highest BCUT2D eigenvalue weighted by Crippen LogP contribution is 2.24. The van der Waals surface area contributed by atoms with Gasteiger partial charge in [0.25, 0.3) is 0 Å². The quantitative estimate of drug-likeness (QED) is 0.264. The van der Waals surface area contributed by atoms with E-state index in [1.807, 2.05) is 13.8 Å². The Morgan fingerprint density at radius 1 is 1.00 bits per heavy atom. The summed E-state index contributed by atoms with van der Waals surface area (Å²) >= 11 is 0. The Morgan fingerprint density at radius 2 is 1.57 bits per heavy atom. The Kier molecular flexibility index (Phi) is 9.00. The highest BCUT2D eigenvalue weighted by atomic mass is 16.5. The van der Waals surface area contributed by atoms with Crippen molar-refractivity contribution in [2.75, 3.05) is 7.11 Å². The zero-order valence-electron chi connectivity index (χ0n) is 15.1. The van der Waals surface area contributed by atoms with Gasteiger partial charge in [-0.3, -0.25) is 0 Å². The molecular weight excluding hydrogens is 260 g/mol. The Hall–Kier alpha value is -1.31. The van der Waals surface area contributed by atoms with Crippen LogP contribution in [0.4, 0.5) is 0 Å². The van der Waals surface area contributed by atoms with Gasteiger partial charge in [0.2, 0.25) is 0 Å². The van der Waals surface area contributed by atoms with Crippen LogP contribution in [0.25, 0.3) is 0 Å². The van der Waals surface area contributed by atoms with Gasteiger partial charge in [-0.05, 0) is 77.9 Å². The topological polar surface area (TPSA) is 26.3 Å². The van der Waals surface area contributed by atoms with Crippen molar-refractivity contribution < 1.29 is 9.53 Å². The molecule has 0 aliphatic heterocycles. The zero-order valence-corrected chi connectivity index (χ0v) is 15.1. The first-order valence-corrected chi connectivity index (χ1v) is 7.76. The molecule has 21 heavy (non-hydrogen) atoms. The summed E-state index contributed by atoms with van der Waals surface area (Å²) in [6.07, 6.45) is 5.73. The van der Waals surface area contributed by atoms with Crippen LogP contribution in [0.1, 0.15) is 67.7 Å². The summed E-state index contributed by atoms with van der Waals surface area (Å²) in [4.78, 5) is 11.6. The fraction of sp³-hybridized carbons (Fsp3) is 0.632. The summed E-state index contributed by atoms with van der Waals surface area (Å²) in [6.45, 7) is 14.7.